The molecular weight excluding hydrogens is 632 g/mol. The van der Waals surface area contributed by atoms with Gasteiger partial charge in [0, 0.05) is 12.8 Å². The number of esters is 2. The largest absolute Gasteiger partial charge is 0.462 e. The quantitative estimate of drug-likeness (QED) is 0.0226. The SMILES string of the molecule is CC/C=C\C[C@@H](O)/C=C/C=C/C=C\C=C/[C@H](O)[C@@H](O)CCCC(=O)OC[C@H](CO)OC(=O)CCCCCCCCCCCCCCCCCC. The average Bonchev–Trinajstić information content (AvgIpc) is 3.10. The molecular formula is C42H72O8. The van der Waals surface area contributed by atoms with Crippen LogP contribution in [0.3, 0.4) is 0 Å². The summed E-state index contributed by atoms with van der Waals surface area (Å²) in [4.78, 5) is 24.3. The van der Waals surface area contributed by atoms with Gasteiger partial charge >= 0.3 is 11.9 Å². The van der Waals surface area contributed by atoms with Crippen LogP contribution < -0.4 is 0 Å². The summed E-state index contributed by atoms with van der Waals surface area (Å²) in [7, 11) is 0. The van der Waals surface area contributed by atoms with E-state index in [1.807, 2.05) is 19.1 Å². The lowest BCUT2D eigenvalue weighted by atomic mass is 10.0. The van der Waals surface area contributed by atoms with Crippen molar-refractivity contribution >= 4 is 11.9 Å². The second kappa shape index (κ2) is 36.3. The molecule has 0 unspecified atom stereocenters. The van der Waals surface area contributed by atoms with Crippen LogP contribution in [0, 0.1) is 0 Å². The third-order valence-corrected chi connectivity index (χ3v) is 8.42. The first kappa shape index (κ1) is 47.5. The minimum atomic E-state index is -1.08. The topological polar surface area (TPSA) is 134 Å². The Kier molecular flexibility index (Phi) is 34.4. The first-order chi connectivity index (χ1) is 24.3. The molecule has 0 aromatic carbocycles. The summed E-state index contributed by atoms with van der Waals surface area (Å²) < 4.78 is 10.4. The summed E-state index contributed by atoms with van der Waals surface area (Å²) in [5.74, 6) is -0.924. The highest BCUT2D eigenvalue weighted by Gasteiger charge is 2.17. The normalized spacial score (nSPS) is 14.8. The first-order valence-corrected chi connectivity index (χ1v) is 19.7. The van der Waals surface area contributed by atoms with Crippen LogP contribution in [0.15, 0.2) is 60.8 Å². The standard InChI is InChI=1S/C42H72O8/c1-3-5-7-8-9-10-11-12-13-14-15-16-17-18-23-27-33-42(48)50-38(35-43)36-49-41(47)34-28-32-40(46)39(45)31-26-22-20-19-21-25-30-37(44)29-24-6-4-2/h6,19-22,24-26,30-31,37-40,43-46H,3-5,7-18,23,27-29,32-36H2,1-2H3/b21-19+,22-20-,24-6-,30-25+,31-26-/t37-,38+,39+,40+/m1/s1. The maximum atomic E-state index is 12.2. The number of carbonyl (C=O) groups excluding carboxylic acids is 2. The maximum Gasteiger partial charge on any atom is 0.306 e. The number of ether oxygens (including phenoxy) is 2. The molecule has 0 aliphatic heterocycles. The molecule has 0 rings (SSSR count). The Morgan fingerprint density at radius 2 is 1.10 bits per heavy atom. The highest BCUT2D eigenvalue weighted by molar-refractivity contribution is 5.70. The lowest BCUT2D eigenvalue weighted by Gasteiger charge is -2.16. The molecule has 0 heterocycles. The highest BCUT2D eigenvalue weighted by Crippen LogP contribution is 2.14. The molecule has 8 heteroatoms. The number of allylic oxidation sites excluding steroid dienone is 7. The van der Waals surface area contributed by atoms with Gasteiger partial charge in [0.15, 0.2) is 6.10 Å². The van der Waals surface area contributed by atoms with E-state index >= 15 is 0 Å². The van der Waals surface area contributed by atoms with Gasteiger partial charge in [-0.2, -0.15) is 0 Å². The van der Waals surface area contributed by atoms with Gasteiger partial charge in [-0.3, -0.25) is 9.59 Å². The molecule has 8 nitrogen and oxygen atoms in total. The van der Waals surface area contributed by atoms with Gasteiger partial charge in [0.1, 0.15) is 6.61 Å². The van der Waals surface area contributed by atoms with Gasteiger partial charge in [-0.1, -0.05) is 171 Å². The molecule has 4 N–H and O–H groups in total. The third kappa shape index (κ3) is 32.7. The van der Waals surface area contributed by atoms with Crippen LogP contribution in [0.1, 0.15) is 155 Å². The summed E-state index contributed by atoms with van der Waals surface area (Å²) in [5.41, 5.74) is 0. The number of hydrogen-bond donors (Lipinski definition) is 4. The van der Waals surface area contributed by atoms with E-state index in [4.69, 9.17) is 9.47 Å². The van der Waals surface area contributed by atoms with Gasteiger partial charge in [-0.25, -0.2) is 0 Å². The molecule has 0 saturated carbocycles. The lowest BCUT2D eigenvalue weighted by molar-refractivity contribution is -0.161. The Hall–Kier alpha value is -2.52. The van der Waals surface area contributed by atoms with Crippen LogP contribution in [-0.4, -0.2) is 70.0 Å². The molecule has 50 heavy (non-hydrogen) atoms. The summed E-state index contributed by atoms with van der Waals surface area (Å²) >= 11 is 0. The molecule has 4 atom stereocenters. The molecule has 288 valence electrons. The number of aliphatic hydroxyl groups excluding tert-OH is 4. The summed E-state index contributed by atoms with van der Waals surface area (Å²) in [6, 6.07) is 0. The van der Waals surface area contributed by atoms with Crippen molar-refractivity contribution in [2.24, 2.45) is 0 Å². The average molecular weight is 705 g/mol. The van der Waals surface area contributed by atoms with Crippen molar-refractivity contribution in [3.8, 4) is 0 Å². The molecule has 0 saturated heterocycles. The van der Waals surface area contributed by atoms with Crippen molar-refractivity contribution < 1.29 is 39.5 Å². The first-order valence-electron chi connectivity index (χ1n) is 19.7. The number of aliphatic hydroxyl groups is 4. The van der Waals surface area contributed by atoms with E-state index in [1.165, 1.54) is 89.5 Å². The smallest absolute Gasteiger partial charge is 0.306 e. The summed E-state index contributed by atoms with van der Waals surface area (Å²) in [6.07, 6.45) is 36.6. The van der Waals surface area contributed by atoms with Crippen LogP contribution >= 0.6 is 0 Å². The molecule has 0 aromatic heterocycles. The molecule has 0 amide bonds. The van der Waals surface area contributed by atoms with Gasteiger partial charge in [-0.15, -0.1) is 0 Å². The van der Waals surface area contributed by atoms with Crippen LogP contribution in [0.25, 0.3) is 0 Å². The molecule has 0 bridgehead atoms. The Morgan fingerprint density at radius 3 is 1.64 bits per heavy atom. The van der Waals surface area contributed by atoms with Crippen molar-refractivity contribution in [3.63, 3.8) is 0 Å². The molecule has 0 radical (unpaired) electrons. The van der Waals surface area contributed by atoms with E-state index in [-0.39, 0.29) is 25.9 Å². The summed E-state index contributed by atoms with van der Waals surface area (Å²) in [5, 5.41) is 39.6. The third-order valence-electron chi connectivity index (χ3n) is 8.42. The Balaban J connectivity index is 3.90. The number of unbranched alkanes of at least 4 members (excludes halogenated alkanes) is 15. The van der Waals surface area contributed by atoms with Crippen molar-refractivity contribution in [3.05, 3.63) is 60.8 Å². The lowest BCUT2D eigenvalue weighted by Crippen LogP contribution is -2.28. The fraction of sp³-hybridized carbons (Fsp3) is 0.714. The van der Waals surface area contributed by atoms with Crippen molar-refractivity contribution in [1.82, 2.24) is 0 Å². The van der Waals surface area contributed by atoms with Crippen molar-refractivity contribution in [2.45, 2.75) is 180 Å². The zero-order valence-corrected chi connectivity index (χ0v) is 31.5. The van der Waals surface area contributed by atoms with Crippen molar-refractivity contribution in [1.29, 1.82) is 0 Å². The van der Waals surface area contributed by atoms with Gasteiger partial charge in [0.05, 0.1) is 24.9 Å². The van der Waals surface area contributed by atoms with Crippen molar-refractivity contribution in [2.75, 3.05) is 13.2 Å². The van der Waals surface area contributed by atoms with E-state index in [9.17, 15) is 30.0 Å². The number of hydrogen-bond acceptors (Lipinski definition) is 8. The van der Waals surface area contributed by atoms with Crippen LogP contribution in [0.2, 0.25) is 0 Å². The van der Waals surface area contributed by atoms with Crippen LogP contribution in [-0.2, 0) is 19.1 Å². The minimum absolute atomic E-state index is 0.0284. The predicted octanol–water partition coefficient (Wildman–Crippen LogP) is 8.92. The Morgan fingerprint density at radius 1 is 0.600 bits per heavy atom. The second-order valence-electron chi connectivity index (χ2n) is 13.2. The Labute approximate surface area is 304 Å². The molecule has 0 fully saturated rings. The maximum absolute atomic E-state index is 12.2. The molecule has 0 aromatic rings. The van der Waals surface area contributed by atoms with E-state index in [0.717, 1.165) is 25.7 Å². The number of rotatable bonds is 34. The zero-order chi connectivity index (χ0) is 36.9. The fourth-order valence-corrected chi connectivity index (χ4v) is 5.31. The molecule has 0 aliphatic carbocycles. The van der Waals surface area contributed by atoms with Gasteiger partial charge < -0.3 is 29.9 Å². The monoisotopic (exact) mass is 705 g/mol. The summed E-state index contributed by atoms with van der Waals surface area (Å²) in [6.45, 7) is 3.65. The Bertz CT molecular complexity index is 938. The second-order valence-corrected chi connectivity index (χ2v) is 13.2. The highest BCUT2D eigenvalue weighted by atomic mass is 16.6. The van der Waals surface area contributed by atoms with Crippen LogP contribution in [0.4, 0.5) is 0 Å². The van der Waals surface area contributed by atoms with Gasteiger partial charge in [0.2, 0.25) is 0 Å². The van der Waals surface area contributed by atoms with Crippen LogP contribution in [0.5, 0.6) is 0 Å². The predicted molar refractivity (Wildman–Crippen MR) is 205 cm³/mol. The van der Waals surface area contributed by atoms with E-state index in [1.54, 1.807) is 42.5 Å². The van der Waals surface area contributed by atoms with E-state index in [2.05, 4.69) is 6.92 Å². The fourth-order valence-electron chi connectivity index (χ4n) is 5.31. The van der Waals surface area contributed by atoms with Gasteiger partial charge in [-0.05, 0) is 32.1 Å². The zero-order valence-electron chi connectivity index (χ0n) is 31.5. The van der Waals surface area contributed by atoms with Gasteiger partial charge in [0.25, 0.3) is 0 Å². The number of carbonyl (C=O) groups is 2. The molecule has 0 spiro atoms. The van der Waals surface area contributed by atoms with E-state index < -0.39 is 43.0 Å². The molecule has 0 aliphatic rings. The van der Waals surface area contributed by atoms with E-state index in [0.29, 0.717) is 12.8 Å². The minimum Gasteiger partial charge on any atom is -0.462 e.